The average molecular weight is 266 g/mol. The van der Waals surface area contributed by atoms with Crippen molar-refractivity contribution in [2.45, 2.75) is 38.3 Å². The quantitative estimate of drug-likeness (QED) is 0.586. The van der Waals surface area contributed by atoms with Gasteiger partial charge < -0.3 is 9.16 Å². The molecule has 0 fully saturated rings. The number of carbonyl (C=O) groups is 1. The lowest BCUT2D eigenvalue weighted by atomic mass is 10.1. The van der Waals surface area contributed by atoms with Gasteiger partial charge in [-0.05, 0) is 30.5 Å². The maximum Gasteiger partial charge on any atom is 0.338 e. The lowest BCUT2D eigenvalue weighted by Gasteiger charge is -2.26. The molecule has 1 unspecified atom stereocenters. The zero-order chi connectivity index (χ0) is 13.6. The van der Waals surface area contributed by atoms with Crippen molar-refractivity contribution >= 4 is 15.7 Å². The van der Waals surface area contributed by atoms with E-state index in [2.05, 4.69) is 13.8 Å². The Morgan fingerprint density at radius 2 is 1.94 bits per heavy atom. The van der Waals surface area contributed by atoms with Crippen LogP contribution in [0.5, 0.6) is 0 Å². The van der Waals surface area contributed by atoms with Crippen molar-refractivity contribution in [1.29, 1.82) is 0 Å². The summed E-state index contributed by atoms with van der Waals surface area (Å²) in [7, 11) is 1.16. The van der Waals surface area contributed by atoms with Crippen molar-refractivity contribution in [2.75, 3.05) is 7.11 Å². The van der Waals surface area contributed by atoms with Crippen LogP contribution < -0.4 is 0 Å². The largest absolute Gasteiger partial charge is 0.459 e. The molecule has 0 saturated carbocycles. The third kappa shape index (κ3) is 5.02. The molecule has 0 saturated heterocycles. The van der Waals surface area contributed by atoms with Gasteiger partial charge in [-0.2, -0.15) is 0 Å². The number of hydrogen-bond donors (Lipinski definition) is 0. The highest BCUT2D eigenvalue weighted by atomic mass is 28.2. The molecule has 1 aromatic carbocycles. The standard InChI is InChI=1S/C14H22O3Si/c1-11(10-14(2,3)18-16-4)17-13(15)12-8-6-5-7-9-12/h5-9,11H,10,18H2,1-4H3. The molecule has 1 atom stereocenters. The normalized spacial score (nSPS) is 13.8. The van der Waals surface area contributed by atoms with Crippen LogP contribution in [-0.4, -0.2) is 28.9 Å². The van der Waals surface area contributed by atoms with Gasteiger partial charge in [0.15, 0.2) is 9.76 Å². The fraction of sp³-hybridized carbons (Fsp3) is 0.500. The Morgan fingerprint density at radius 1 is 1.33 bits per heavy atom. The zero-order valence-electron chi connectivity index (χ0n) is 11.6. The Labute approximate surface area is 111 Å². The number of ether oxygens (including phenoxy) is 1. The Hall–Kier alpha value is -1.13. The van der Waals surface area contributed by atoms with E-state index in [9.17, 15) is 4.79 Å². The van der Waals surface area contributed by atoms with E-state index in [1.54, 1.807) is 19.2 Å². The minimum absolute atomic E-state index is 0.0876. The first kappa shape index (κ1) is 14.9. The lowest BCUT2D eigenvalue weighted by Crippen LogP contribution is -2.24. The molecule has 0 radical (unpaired) electrons. The van der Waals surface area contributed by atoms with Gasteiger partial charge >= 0.3 is 5.97 Å². The van der Waals surface area contributed by atoms with Crippen LogP contribution in [0.3, 0.4) is 0 Å². The highest BCUT2D eigenvalue weighted by Crippen LogP contribution is 2.30. The summed E-state index contributed by atoms with van der Waals surface area (Å²) >= 11 is 0. The zero-order valence-corrected chi connectivity index (χ0v) is 13.0. The summed E-state index contributed by atoms with van der Waals surface area (Å²) in [6.45, 7) is 6.26. The smallest absolute Gasteiger partial charge is 0.338 e. The van der Waals surface area contributed by atoms with Crippen LogP contribution in [0.2, 0.25) is 5.04 Å². The number of rotatable bonds is 6. The van der Waals surface area contributed by atoms with Gasteiger partial charge in [0.2, 0.25) is 0 Å². The Bertz CT molecular complexity index is 376. The minimum Gasteiger partial charge on any atom is -0.459 e. The molecule has 0 aliphatic heterocycles. The first-order chi connectivity index (χ1) is 8.44. The molecule has 0 heterocycles. The van der Waals surface area contributed by atoms with Crippen molar-refractivity contribution in [1.82, 2.24) is 0 Å². The summed E-state index contributed by atoms with van der Waals surface area (Å²) in [5.41, 5.74) is 0.603. The van der Waals surface area contributed by atoms with Crippen LogP contribution in [0.25, 0.3) is 0 Å². The van der Waals surface area contributed by atoms with Crippen LogP contribution >= 0.6 is 0 Å². The maximum atomic E-state index is 11.9. The van der Waals surface area contributed by atoms with Crippen molar-refractivity contribution in [3.8, 4) is 0 Å². The summed E-state index contributed by atoms with van der Waals surface area (Å²) in [4.78, 5) is 11.9. The summed E-state index contributed by atoms with van der Waals surface area (Å²) in [5, 5.41) is 0.144. The van der Waals surface area contributed by atoms with E-state index in [-0.39, 0.29) is 17.1 Å². The molecular weight excluding hydrogens is 244 g/mol. The fourth-order valence-corrected chi connectivity index (χ4v) is 3.40. The van der Waals surface area contributed by atoms with E-state index in [0.717, 1.165) is 6.42 Å². The average Bonchev–Trinajstić information content (AvgIpc) is 2.28. The van der Waals surface area contributed by atoms with Crippen molar-refractivity contribution < 1.29 is 14.0 Å². The molecule has 1 rings (SSSR count). The molecule has 0 N–H and O–H groups in total. The molecule has 100 valence electrons. The molecule has 0 amide bonds. The van der Waals surface area contributed by atoms with Crippen molar-refractivity contribution in [2.24, 2.45) is 0 Å². The monoisotopic (exact) mass is 266 g/mol. The molecule has 0 aliphatic carbocycles. The van der Waals surface area contributed by atoms with E-state index < -0.39 is 9.76 Å². The van der Waals surface area contributed by atoms with Gasteiger partial charge in [0.25, 0.3) is 0 Å². The van der Waals surface area contributed by atoms with E-state index in [1.807, 2.05) is 25.1 Å². The van der Waals surface area contributed by atoms with Gasteiger partial charge in [-0.1, -0.05) is 32.0 Å². The van der Waals surface area contributed by atoms with Gasteiger partial charge in [-0.15, -0.1) is 0 Å². The van der Waals surface area contributed by atoms with E-state index in [1.165, 1.54) is 0 Å². The Balaban J connectivity index is 2.50. The third-order valence-electron chi connectivity index (χ3n) is 2.69. The van der Waals surface area contributed by atoms with E-state index in [4.69, 9.17) is 9.16 Å². The maximum absolute atomic E-state index is 11.9. The Kier molecular flexibility index (Phi) is 5.56. The second-order valence-electron chi connectivity index (χ2n) is 5.38. The summed E-state index contributed by atoms with van der Waals surface area (Å²) < 4.78 is 10.7. The second kappa shape index (κ2) is 6.71. The minimum atomic E-state index is -0.581. The third-order valence-corrected chi connectivity index (χ3v) is 4.05. The van der Waals surface area contributed by atoms with Crippen LogP contribution in [0, 0.1) is 0 Å². The van der Waals surface area contributed by atoms with E-state index in [0.29, 0.717) is 5.56 Å². The Morgan fingerprint density at radius 3 is 2.50 bits per heavy atom. The molecule has 0 bridgehead atoms. The van der Waals surface area contributed by atoms with Crippen molar-refractivity contribution in [3.05, 3.63) is 35.9 Å². The predicted octanol–water partition coefficient (Wildman–Crippen LogP) is 2.55. The summed E-state index contributed by atoms with van der Waals surface area (Å²) in [6, 6.07) is 9.09. The van der Waals surface area contributed by atoms with Gasteiger partial charge in [0.05, 0.1) is 11.7 Å². The van der Waals surface area contributed by atoms with Gasteiger partial charge in [-0.3, -0.25) is 0 Å². The van der Waals surface area contributed by atoms with Crippen LogP contribution in [0.1, 0.15) is 37.6 Å². The highest BCUT2D eigenvalue weighted by Gasteiger charge is 2.24. The van der Waals surface area contributed by atoms with Crippen LogP contribution in [0.4, 0.5) is 0 Å². The van der Waals surface area contributed by atoms with Gasteiger partial charge in [0, 0.05) is 7.11 Å². The molecule has 4 heteroatoms. The van der Waals surface area contributed by atoms with Crippen LogP contribution in [-0.2, 0) is 9.16 Å². The van der Waals surface area contributed by atoms with Crippen molar-refractivity contribution in [3.63, 3.8) is 0 Å². The molecule has 18 heavy (non-hydrogen) atoms. The molecule has 3 nitrogen and oxygen atoms in total. The summed E-state index contributed by atoms with van der Waals surface area (Å²) in [5.74, 6) is -0.252. The fourth-order valence-electron chi connectivity index (χ4n) is 2.09. The summed E-state index contributed by atoms with van der Waals surface area (Å²) in [6.07, 6.45) is 0.751. The molecule has 0 aromatic heterocycles. The number of benzene rings is 1. The number of esters is 1. The first-order valence-electron chi connectivity index (χ1n) is 6.19. The van der Waals surface area contributed by atoms with Gasteiger partial charge in [-0.25, -0.2) is 4.79 Å². The van der Waals surface area contributed by atoms with Gasteiger partial charge in [0.1, 0.15) is 0 Å². The molecular formula is C14H22O3Si. The highest BCUT2D eigenvalue weighted by molar-refractivity contribution is 6.31. The molecule has 0 aliphatic rings. The SMILES string of the molecule is CO[SiH2]C(C)(C)CC(C)OC(=O)c1ccccc1. The molecule has 0 spiro atoms. The van der Waals surface area contributed by atoms with Crippen LogP contribution in [0.15, 0.2) is 30.3 Å². The second-order valence-corrected chi connectivity index (χ2v) is 8.16. The predicted molar refractivity (Wildman–Crippen MR) is 75.5 cm³/mol. The topological polar surface area (TPSA) is 35.5 Å². The lowest BCUT2D eigenvalue weighted by molar-refractivity contribution is 0.0301. The first-order valence-corrected chi connectivity index (χ1v) is 7.48. The van der Waals surface area contributed by atoms with E-state index >= 15 is 0 Å². The molecule has 1 aromatic rings. The number of carbonyl (C=O) groups excluding carboxylic acids is 1. The number of hydrogen-bond acceptors (Lipinski definition) is 3.